The molecule has 0 aliphatic rings. The number of carbonyl (C=O) groups excluding carboxylic acids is 1. The smallest absolute Gasteiger partial charge is 0.327 e. The van der Waals surface area contributed by atoms with Crippen LogP contribution in [0.5, 0.6) is 0 Å². The van der Waals surface area contributed by atoms with Gasteiger partial charge in [-0.25, -0.2) is 0 Å². The maximum absolute atomic E-state index is 12.1. The van der Waals surface area contributed by atoms with E-state index in [9.17, 15) is 4.79 Å². The highest BCUT2D eigenvalue weighted by atomic mass is 16.5. The van der Waals surface area contributed by atoms with E-state index in [4.69, 9.17) is 14.2 Å². The van der Waals surface area contributed by atoms with Crippen molar-refractivity contribution in [3.63, 3.8) is 0 Å². The molecule has 6 heteroatoms. The van der Waals surface area contributed by atoms with Crippen LogP contribution in [0.25, 0.3) is 0 Å². The van der Waals surface area contributed by atoms with Gasteiger partial charge in [0, 0.05) is 40.5 Å². The van der Waals surface area contributed by atoms with Crippen LogP contribution >= 0.6 is 0 Å². The van der Waals surface area contributed by atoms with Crippen LogP contribution in [0.1, 0.15) is 20.3 Å². The molecule has 0 bridgehead atoms. The molecule has 1 N–H and O–H groups in total. The first-order chi connectivity index (χ1) is 9.53. The monoisotopic (exact) mass is 290 g/mol. The Labute approximate surface area is 122 Å². The van der Waals surface area contributed by atoms with Crippen LogP contribution in [-0.4, -0.2) is 77.1 Å². The molecule has 0 fully saturated rings. The van der Waals surface area contributed by atoms with Gasteiger partial charge in [-0.05, 0) is 27.3 Å². The van der Waals surface area contributed by atoms with E-state index in [0.717, 1.165) is 19.5 Å². The van der Waals surface area contributed by atoms with Crippen molar-refractivity contribution >= 4 is 5.97 Å². The van der Waals surface area contributed by atoms with Crippen molar-refractivity contribution < 1.29 is 19.0 Å². The third kappa shape index (κ3) is 7.19. The number of ether oxygens (including phenoxy) is 3. The van der Waals surface area contributed by atoms with Crippen LogP contribution in [0.2, 0.25) is 0 Å². The minimum absolute atomic E-state index is 0.225. The zero-order valence-electron chi connectivity index (χ0n) is 13.5. The van der Waals surface area contributed by atoms with Crippen LogP contribution in [0.15, 0.2) is 0 Å². The topological polar surface area (TPSA) is 60.0 Å². The van der Waals surface area contributed by atoms with Crippen LogP contribution in [0, 0.1) is 0 Å². The Morgan fingerprint density at radius 3 is 2.35 bits per heavy atom. The highest BCUT2D eigenvalue weighted by Gasteiger charge is 2.34. The van der Waals surface area contributed by atoms with Gasteiger partial charge in [0.1, 0.15) is 5.54 Å². The second-order valence-electron chi connectivity index (χ2n) is 4.92. The highest BCUT2D eigenvalue weighted by Crippen LogP contribution is 2.10. The average Bonchev–Trinajstić information content (AvgIpc) is 2.44. The van der Waals surface area contributed by atoms with E-state index in [1.54, 1.807) is 21.3 Å². The van der Waals surface area contributed by atoms with Gasteiger partial charge in [0.2, 0.25) is 0 Å². The first-order valence-electron chi connectivity index (χ1n) is 7.10. The summed E-state index contributed by atoms with van der Waals surface area (Å²) in [5.74, 6) is -0.225. The Bertz CT molecular complexity index is 264. The fourth-order valence-corrected chi connectivity index (χ4v) is 1.91. The lowest BCUT2D eigenvalue weighted by atomic mass is 10.0. The summed E-state index contributed by atoms with van der Waals surface area (Å²) in [5.41, 5.74) is -0.711. The first kappa shape index (κ1) is 19.3. The molecule has 6 nitrogen and oxygen atoms in total. The van der Waals surface area contributed by atoms with Crippen LogP contribution in [0.4, 0.5) is 0 Å². The fourth-order valence-electron chi connectivity index (χ4n) is 1.91. The lowest BCUT2D eigenvalue weighted by Crippen LogP contribution is -2.56. The Hall–Kier alpha value is -0.690. The molecule has 0 rings (SSSR count). The molecule has 1 atom stereocenters. The predicted molar refractivity (Wildman–Crippen MR) is 78.9 cm³/mol. The Morgan fingerprint density at radius 2 is 1.85 bits per heavy atom. The Kier molecular flexibility index (Phi) is 10.6. The molecule has 0 aromatic rings. The molecule has 0 spiro atoms. The van der Waals surface area contributed by atoms with Crippen molar-refractivity contribution in [3.05, 3.63) is 0 Å². The van der Waals surface area contributed by atoms with Gasteiger partial charge < -0.3 is 19.5 Å². The van der Waals surface area contributed by atoms with Gasteiger partial charge in [-0.15, -0.1) is 0 Å². The molecule has 0 aromatic heterocycles. The van der Waals surface area contributed by atoms with Crippen molar-refractivity contribution in [2.75, 3.05) is 60.7 Å². The van der Waals surface area contributed by atoms with Gasteiger partial charge in [0.05, 0.1) is 13.2 Å². The molecular formula is C14H30N2O4. The minimum Gasteiger partial charge on any atom is -0.465 e. The van der Waals surface area contributed by atoms with Gasteiger partial charge >= 0.3 is 5.97 Å². The summed E-state index contributed by atoms with van der Waals surface area (Å²) in [5, 5.41) is 3.07. The number of methoxy groups -OCH3 is 2. The zero-order chi connectivity index (χ0) is 15.4. The van der Waals surface area contributed by atoms with E-state index in [1.807, 2.05) is 13.8 Å². The third-order valence-corrected chi connectivity index (χ3v) is 3.25. The molecule has 120 valence electrons. The first-order valence-corrected chi connectivity index (χ1v) is 7.10. The number of hydrogen-bond acceptors (Lipinski definition) is 6. The summed E-state index contributed by atoms with van der Waals surface area (Å²) in [7, 11) is 5.15. The van der Waals surface area contributed by atoms with Crippen molar-refractivity contribution in [1.82, 2.24) is 10.2 Å². The van der Waals surface area contributed by atoms with Crippen LogP contribution in [-0.2, 0) is 19.0 Å². The Morgan fingerprint density at radius 1 is 1.20 bits per heavy atom. The maximum Gasteiger partial charge on any atom is 0.327 e. The second kappa shape index (κ2) is 11.0. The zero-order valence-corrected chi connectivity index (χ0v) is 13.5. The number of hydrogen-bond donors (Lipinski definition) is 1. The molecule has 0 heterocycles. The minimum atomic E-state index is -0.711. The van der Waals surface area contributed by atoms with Gasteiger partial charge in [0.15, 0.2) is 0 Å². The van der Waals surface area contributed by atoms with E-state index in [0.29, 0.717) is 26.4 Å². The molecule has 20 heavy (non-hydrogen) atoms. The summed E-state index contributed by atoms with van der Waals surface area (Å²) in [6.45, 7) is 7.61. The molecule has 0 aliphatic heterocycles. The standard InChI is InChI=1S/C14H30N2O4/c1-6-20-13(17)14(2,15-3)12-16(9-11-19-5)8-7-10-18-4/h15H,6-12H2,1-5H3. The predicted octanol–water partition coefficient (Wildman–Crippen LogP) is 0.513. The number of carbonyl (C=O) groups is 1. The van der Waals surface area contributed by atoms with E-state index >= 15 is 0 Å². The Balaban J connectivity index is 4.57. The van der Waals surface area contributed by atoms with E-state index in [2.05, 4.69) is 10.2 Å². The molecule has 0 saturated heterocycles. The van der Waals surface area contributed by atoms with Crippen molar-refractivity contribution in [3.8, 4) is 0 Å². The average molecular weight is 290 g/mol. The maximum atomic E-state index is 12.1. The van der Waals surface area contributed by atoms with Gasteiger partial charge in [-0.3, -0.25) is 9.69 Å². The largest absolute Gasteiger partial charge is 0.465 e. The van der Waals surface area contributed by atoms with Crippen LogP contribution < -0.4 is 5.32 Å². The molecule has 1 unspecified atom stereocenters. The molecule has 0 amide bonds. The van der Waals surface area contributed by atoms with Crippen molar-refractivity contribution in [2.45, 2.75) is 25.8 Å². The van der Waals surface area contributed by atoms with Gasteiger partial charge in [0.25, 0.3) is 0 Å². The van der Waals surface area contributed by atoms with Crippen molar-refractivity contribution in [2.24, 2.45) is 0 Å². The number of esters is 1. The molecular weight excluding hydrogens is 260 g/mol. The number of nitrogens with zero attached hydrogens (tertiary/aromatic N) is 1. The number of rotatable bonds is 12. The summed E-state index contributed by atoms with van der Waals surface area (Å²) in [4.78, 5) is 14.3. The molecule has 0 aromatic carbocycles. The van der Waals surface area contributed by atoms with Crippen molar-refractivity contribution in [1.29, 1.82) is 0 Å². The number of likely N-dealkylation sites (N-methyl/N-ethyl adjacent to an activating group) is 1. The lowest BCUT2D eigenvalue weighted by molar-refractivity contribution is -0.151. The van der Waals surface area contributed by atoms with E-state index in [1.165, 1.54) is 0 Å². The van der Waals surface area contributed by atoms with Gasteiger partial charge in [-0.1, -0.05) is 0 Å². The quantitative estimate of drug-likeness (QED) is 0.417. The molecule has 0 radical (unpaired) electrons. The normalized spacial score (nSPS) is 14.3. The van der Waals surface area contributed by atoms with E-state index in [-0.39, 0.29) is 5.97 Å². The molecule has 0 saturated carbocycles. The summed E-state index contributed by atoms with van der Waals surface area (Å²) in [6.07, 6.45) is 0.919. The highest BCUT2D eigenvalue weighted by molar-refractivity contribution is 5.80. The van der Waals surface area contributed by atoms with Crippen LogP contribution in [0.3, 0.4) is 0 Å². The van der Waals surface area contributed by atoms with Gasteiger partial charge in [-0.2, -0.15) is 0 Å². The van der Waals surface area contributed by atoms with E-state index < -0.39 is 5.54 Å². The summed E-state index contributed by atoms with van der Waals surface area (Å²) >= 11 is 0. The SMILES string of the molecule is CCOC(=O)C(C)(CN(CCCOC)CCOC)NC. The molecule has 0 aliphatic carbocycles. The summed E-state index contributed by atoms with van der Waals surface area (Å²) in [6, 6.07) is 0. The third-order valence-electron chi connectivity index (χ3n) is 3.25. The lowest BCUT2D eigenvalue weighted by Gasteiger charge is -2.33. The summed E-state index contributed by atoms with van der Waals surface area (Å²) < 4.78 is 15.3. The number of nitrogens with one attached hydrogen (secondary N) is 1. The second-order valence-corrected chi connectivity index (χ2v) is 4.92. The fraction of sp³-hybridized carbons (Fsp3) is 0.929.